The first kappa shape index (κ1) is 41.9. The molecule has 5 heteroatoms. The molecule has 262 valence electrons. The molecule has 0 aliphatic heterocycles. The van der Waals surface area contributed by atoms with Crippen molar-refractivity contribution >= 4 is 34.2 Å². The number of unbranched alkanes of at least 4 members (excludes halogenated alkanes) is 15. The first-order valence-electron chi connectivity index (χ1n) is 19.0. The second-order valence-electron chi connectivity index (χ2n) is 12.9. The molecule has 0 saturated carbocycles. The molecule has 0 saturated heterocycles. The number of benzene rings is 2. The van der Waals surface area contributed by atoms with E-state index in [1.807, 2.05) is 0 Å². The predicted octanol–water partition coefficient (Wildman–Crippen LogP) is 13.6. The Morgan fingerprint density at radius 1 is 0.413 bits per heavy atom. The number of hydrogen-bond donors (Lipinski definition) is 2. The van der Waals surface area contributed by atoms with Crippen LogP contribution >= 0.6 is 0 Å². The van der Waals surface area contributed by atoms with Gasteiger partial charge in [0.25, 0.3) is 0 Å². The van der Waals surface area contributed by atoms with Gasteiger partial charge in [-0.2, -0.15) is 0 Å². The van der Waals surface area contributed by atoms with Gasteiger partial charge in [0.05, 0.1) is 22.8 Å². The van der Waals surface area contributed by atoms with Crippen molar-refractivity contribution in [2.75, 3.05) is 23.7 Å². The van der Waals surface area contributed by atoms with Crippen LogP contribution in [0.25, 0.3) is 0 Å². The molecule has 0 aliphatic rings. The minimum Gasteiger partial charge on any atom is -0.385 e. The smallest absolute Gasteiger partial charge is 0.0635 e. The molecule has 2 aromatic carbocycles. The van der Waals surface area contributed by atoms with Crippen molar-refractivity contribution in [1.82, 2.24) is 0 Å². The molecule has 4 nitrogen and oxygen atoms in total. The van der Waals surface area contributed by atoms with Gasteiger partial charge in [-0.3, -0.25) is 9.98 Å². The number of aliphatic imine (C=N–C) groups is 2. The van der Waals surface area contributed by atoms with Crippen LogP contribution in [0.4, 0.5) is 22.7 Å². The summed E-state index contributed by atoms with van der Waals surface area (Å²) in [4.78, 5) is 10.5. The van der Waals surface area contributed by atoms with Gasteiger partial charge in [0.15, 0.2) is 0 Å². The fourth-order valence-electron chi connectivity index (χ4n) is 5.69. The zero-order chi connectivity index (χ0) is 32.2. The molecule has 0 aliphatic carbocycles. The fraction of sp³-hybridized carbons (Fsp3) is 0.659. The van der Waals surface area contributed by atoms with Crippen LogP contribution in [0.1, 0.15) is 163 Å². The molecule has 0 heterocycles. The zero-order valence-electron chi connectivity index (χ0n) is 30.1. The average molecular weight is 676 g/mol. The maximum absolute atomic E-state index is 5.25. The minimum absolute atomic E-state index is 0. The van der Waals surface area contributed by atoms with Crippen LogP contribution < -0.4 is 10.6 Å². The Morgan fingerprint density at radius 2 is 0.717 bits per heavy atom. The van der Waals surface area contributed by atoms with E-state index in [0.717, 1.165) is 49.4 Å². The third kappa shape index (κ3) is 20.2. The van der Waals surface area contributed by atoms with Crippen molar-refractivity contribution < 1.29 is 16.5 Å². The van der Waals surface area contributed by atoms with Gasteiger partial charge in [-0.1, -0.05) is 124 Å². The molecule has 0 atom stereocenters. The normalized spacial score (nSPS) is 11.8. The van der Waals surface area contributed by atoms with E-state index in [4.69, 9.17) is 9.98 Å². The molecule has 0 radical (unpaired) electrons. The molecule has 2 N–H and O–H groups in total. The van der Waals surface area contributed by atoms with Gasteiger partial charge in [-0.15, -0.1) is 0 Å². The minimum atomic E-state index is 0. The Labute approximate surface area is 294 Å². The van der Waals surface area contributed by atoms with Crippen LogP contribution in [0.3, 0.4) is 0 Å². The van der Waals surface area contributed by atoms with Crippen molar-refractivity contribution in [1.29, 1.82) is 0 Å². The summed E-state index contributed by atoms with van der Waals surface area (Å²) in [6, 6.07) is 17.4. The zero-order valence-corrected chi connectivity index (χ0v) is 31.1. The van der Waals surface area contributed by atoms with Crippen molar-refractivity contribution in [3.05, 3.63) is 48.5 Å². The maximum Gasteiger partial charge on any atom is 0.0635 e. The summed E-state index contributed by atoms with van der Waals surface area (Å²) >= 11 is 0. The van der Waals surface area contributed by atoms with Crippen molar-refractivity contribution in [2.45, 2.75) is 163 Å². The summed E-state index contributed by atoms with van der Waals surface area (Å²) in [5.41, 5.74) is 6.77. The first-order chi connectivity index (χ1) is 22.2. The molecule has 2 aromatic rings. The Morgan fingerprint density at radius 3 is 1.11 bits per heavy atom. The Balaban J connectivity index is 0.0000106. The van der Waals surface area contributed by atoms with E-state index in [-0.39, 0.29) is 16.5 Å². The van der Waals surface area contributed by atoms with Crippen LogP contribution in [0.2, 0.25) is 0 Å². The monoisotopic (exact) mass is 674 g/mol. The fourth-order valence-corrected chi connectivity index (χ4v) is 5.69. The molecular formula is C41H68N4Ni. The molecule has 0 unspecified atom stereocenters. The third-order valence-electron chi connectivity index (χ3n) is 8.60. The van der Waals surface area contributed by atoms with E-state index in [1.165, 1.54) is 133 Å². The van der Waals surface area contributed by atoms with E-state index in [2.05, 4.69) is 86.9 Å². The van der Waals surface area contributed by atoms with E-state index < -0.39 is 0 Å². The topological polar surface area (TPSA) is 48.8 Å². The van der Waals surface area contributed by atoms with E-state index in [9.17, 15) is 0 Å². The molecule has 0 amide bonds. The first-order valence-corrected chi connectivity index (χ1v) is 19.0. The van der Waals surface area contributed by atoms with Crippen molar-refractivity contribution in [3.8, 4) is 0 Å². The third-order valence-corrected chi connectivity index (χ3v) is 8.60. The van der Waals surface area contributed by atoms with E-state index in [0.29, 0.717) is 0 Å². The Kier molecular flexibility index (Phi) is 26.5. The average Bonchev–Trinajstić information content (AvgIpc) is 3.06. The Bertz CT molecular complexity index is 1030. The van der Waals surface area contributed by atoms with Crippen LogP contribution in [0, 0.1) is 0 Å². The van der Waals surface area contributed by atoms with Crippen LogP contribution in [0.15, 0.2) is 58.5 Å². The maximum atomic E-state index is 5.25. The summed E-state index contributed by atoms with van der Waals surface area (Å²) < 4.78 is 0. The molecule has 0 bridgehead atoms. The van der Waals surface area contributed by atoms with Gasteiger partial charge in [0, 0.05) is 41.0 Å². The summed E-state index contributed by atoms with van der Waals surface area (Å²) in [5, 5.41) is 7.21. The molecule has 0 fully saturated rings. The molecule has 2 rings (SSSR count). The number of rotatable bonds is 28. The van der Waals surface area contributed by atoms with E-state index >= 15 is 0 Å². The van der Waals surface area contributed by atoms with Crippen LogP contribution in [0.5, 0.6) is 0 Å². The van der Waals surface area contributed by atoms with Gasteiger partial charge in [0.2, 0.25) is 0 Å². The van der Waals surface area contributed by atoms with E-state index in [1.54, 1.807) is 0 Å². The summed E-state index contributed by atoms with van der Waals surface area (Å²) in [6.45, 7) is 11.2. The predicted molar refractivity (Wildman–Crippen MR) is 204 cm³/mol. The standard InChI is InChI=1S/C41H68N4.Ni/c1-5-9-13-16-18-22-34-42-36-26-30-38(31-27-36)44-40(24-20-12-8-4)41(25-21-15-11-7-3)45-39-32-28-37(29-33-39)43-35-23-19-17-14-10-6-2;/h26-33,42-43H,5-25,34-35H2,1-4H3;. The molecule has 0 aromatic heterocycles. The van der Waals surface area contributed by atoms with Gasteiger partial charge in [0.1, 0.15) is 0 Å². The summed E-state index contributed by atoms with van der Waals surface area (Å²) in [6.07, 6.45) is 26.4. The van der Waals surface area contributed by atoms with Crippen molar-refractivity contribution in [2.24, 2.45) is 9.98 Å². The van der Waals surface area contributed by atoms with Gasteiger partial charge in [-0.25, -0.2) is 0 Å². The van der Waals surface area contributed by atoms with Gasteiger partial charge >= 0.3 is 0 Å². The Hall–Kier alpha value is -2.13. The number of nitrogens with one attached hydrogen (secondary N) is 2. The summed E-state index contributed by atoms with van der Waals surface area (Å²) in [5.74, 6) is 0. The SMILES string of the molecule is CCCCCCCCNc1ccc(N=C(CCCCC)C(CCCCCC)=Nc2ccc(NCCCCCCCC)cc2)cc1.[Ni]. The summed E-state index contributed by atoms with van der Waals surface area (Å²) in [7, 11) is 0. The van der Waals surface area contributed by atoms with Crippen LogP contribution in [-0.4, -0.2) is 24.5 Å². The van der Waals surface area contributed by atoms with Crippen molar-refractivity contribution in [3.63, 3.8) is 0 Å². The van der Waals surface area contributed by atoms with Crippen LogP contribution in [-0.2, 0) is 16.5 Å². The second-order valence-corrected chi connectivity index (χ2v) is 12.9. The molecular weight excluding hydrogens is 607 g/mol. The quantitative estimate of drug-likeness (QED) is 0.0536. The molecule has 46 heavy (non-hydrogen) atoms. The second kappa shape index (κ2) is 29.0. The number of anilines is 2. The number of nitrogens with zero attached hydrogens (tertiary/aromatic N) is 2. The molecule has 0 spiro atoms. The van der Waals surface area contributed by atoms with Gasteiger partial charge < -0.3 is 10.6 Å². The largest absolute Gasteiger partial charge is 0.385 e. The van der Waals surface area contributed by atoms with Gasteiger partial charge in [-0.05, 0) is 87.1 Å². The number of hydrogen-bond acceptors (Lipinski definition) is 4.